The number of carbonyl (C=O) groups is 5. The van der Waals surface area contributed by atoms with Crippen LogP contribution < -0.4 is 21.3 Å². The molecule has 2 heterocycles. The number of carbonyl (C=O) groups excluding carboxylic acids is 5. The number of piperidine rings is 1. The summed E-state index contributed by atoms with van der Waals surface area (Å²) in [4.78, 5) is 68.5. The average molecular weight is 558 g/mol. The van der Waals surface area contributed by atoms with Crippen molar-refractivity contribution >= 4 is 40.3 Å². The molecule has 5 rings (SSSR count). The van der Waals surface area contributed by atoms with Gasteiger partial charge in [-0.3, -0.25) is 24.0 Å². The molecular weight excluding hydrogens is 522 g/mol. The third kappa shape index (κ3) is 7.39. The molecule has 1 unspecified atom stereocenters. The van der Waals surface area contributed by atoms with Gasteiger partial charge in [-0.15, -0.1) is 0 Å². The monoisotopic (exact) mass is 557 g/mol. The minimum absolute atomic E-state index is 0.00127. The van der Waals surface area contributed by atoms with Crippen molar-refractivity contribution in [3.63, 3.8) is 0 Å². The fourth-order valence-corrected chi connectivity index (χ4v) is 5.22. The highest BCUT2D eigenvalue weighted by atomic mass is 16.2. The Kier molecular flexibility index (Phi) is 8.76. The van der Waals surface area contributed by atoms with E-state index >= 15 is 0 Å². The van der Waals surface area contributed by atoms with Crippen LogP contribution in [0.5, 0.6) is 0 Å². The largest absolute Gasteiger partial charge is 0.356 e. The van der Waals surface area contributed by atoms with Crippen molar-refractivity contribution in [2.45, 2.75) is 57.2 Å². The molecule has 0 spiro atoms. The molecule has 0 bridgehead atoms. The molecule has 10 nitrogen and oxygen atoms in total. The molecule has 1 aliphatic carbocycles. The fraction of sp³-hybridized carbons (Fsp3) is 0.387. The number of aromatic amines is 1. The number of Topliss-reactive ketones (excluding diaryl/α,β-unsaturated/α-hetero) is 1. The van der Waals surface area contributed by atoms with Gasteiger partial charge in [-0.25, -0.2) is 0 Å². The number of hydrogen-bond acceptors (Lipinski definition) is 5. The van der Waals surface area contributed by atoms with Crippen LogP contribution in [0.4, 0.5) is 0 Å². The molecule has 1 saturated carbocycles. The van der Waals surface area contributed by atoms with E-state index in [9.17, 15) is 24.0 Å². The maximum Gasteiger partial charge on any atom is 0.289 e. The lowest BCUT2D eigenvalue weighted by Crippen LogP contribution is -2.55. The summed E-state index contributed by atoms with van der Waals surface area (Å²) in [6.07, 6.45) is 3.64. The van der Waals surface area contributed by atoms with Gasteiger partial charge >= 0.3 is 0 Å². The predicted molar refractivity (Wildman–Crippen MR) is 152 cm³/mol. The third-order valence-electron chi connectivity index (χ3n) is 7.73. The summed E-state index contributed by atoms with van der Waals surface area (Å²) in [7, 11) is 0. The number of benzene rings is 2. The second kappa shape index (κ2) is 12.8. The van der Waals surface area contributed by atoms with Crippen LogP contribution in [0.2, 0.25) is 0 Å². The lowest BCUT2D eigenvalue weighted by molar-refractivity contribution is -0.141. The second-order valence-electron chi connectivity index (χ2n) is 10.9. The summed E-state index contributed by atoms with van der Waals surface area (Å²) < 4.78 is 0. The molecule has 5 N–H and O–H groups in total. The predicted octanol–water partition coefficient (Wildman–Crippen LogP) is 2.35. The zero-order valence-electron chi connectivity index (χ0n) is 22.8. The number of para-hydroxylation sites is 1. The van der Waals surface area contributed by atoms with Gasteiger partial charge in [0.05, 0.1) is 6.04 Å². The lowest BCUT2D eigenvalue weighted by atomic mass is 9.89. The van der Waals surface area contributed by atoms with E-state index < -0.39 is 41.5 Å². The number of aromatic nitrogens is 1. The maximum absolute atomic E-state index is 13.6. The van der Waals surface area contributed by atoms with Crippen molar-refractivity contribution in [2.24, 2.45) is 11.8 Å². The van der Waals surface area contributed by atoms with Gasteiger partial charge in [0.15, 0.2) is 0 Å². The van der Waals surface area contributed by atoms with Crippen LogP contribution in [0, 0.1) is 11.8 Å². The quantitative estimate of drug-likeness (QED) is 0.217. The minimum atomic E-state index is -1.21. The molecule has 2 aliphatic rings. The summed E-state index contributed by atoms with van der Waals surface area (Å²) in [5.41, 5.74) is 1.95. The van der Waals surface area contributed by atoms with Crippen molar-refractivity contribution < 1.29 is 24.0 Å². The van der Waals surface area contributed by atoms with Crippen molar-refractivity contribution in [3.05, 3.63) is 71.9 Å². The Morgan fingerprint density at radius 1 is 0.878 bits per heavy atom. The molecule has 1 aromatic heterocycles. The Balaban J connectivity index is 1.29. The van der Waals surface area contributed by atoms with E-state index in [1.807, 2.05) is 54.6 Å². The Labute approximate surface area is 238 Å². The molecule has 0 radical (unpaired) electrons. The maximum atomic E-state index is 13.6. The average Bonchev–Trinajstić information content (AvgIpc) is 3.70. The first-order chi connectivity index (χ1) is 19.9. The molecule has 1 aliphatic heterocycles. The lowest BCUT2D eigenvalue weighted by Gasteiger charge is -2.27. The zero-order valence-corrected chi connectivity index (χ0v) is 22.8. The Morgan fingerprint density at radius 3 is 2.37 bits per heavy atom. The Morgan fingerprint density at radius 2 is 1.63 bits per heavy atom. The summed E-state index contributed by atoms with van der Waals surface area (Å²) in [5, 5.41) is 11.8. The van der Waals surface area contributed by atoms with Crippen LogP contribution in [0.3, 0.4) is 0 Å². The number of hydrogen-bond donors (Lipinski definition) is 5. The molecule has 2 fully saturated rings. The van der Waals surface area contributed by atoms with E-state index in [4.69, 9.17) is 0 Å². The Hall–Kier alpha value is -4.47. The molecule has 2 aromatic carbocycles. The van der Waals surface area contributed by atoms with Crippen LogP contribution in [0.15, 0.2) is 60.7 Å². The highest BCUT2D eigenvalue weighted by molar-refractivity contribution is 6.38. The molecule has 41 heavy (non-hydrogen) atoms. The first-order valence-electron chi connectivity index (χ1n) is 14.2. The SMILES string of the molecule is O=C(NCc1ccccc1)C(=O)C(C[C@@H]1CCCNC1=O)NC(=O)[C@H](CC1CC1)NC(=O)c1cc2ccccc2[nH]1. The summed E-state index contributed by atoms with van der Waals surface area (Å²) >= 11 is 0. The van der Waals surface area contributed by atoms with Crippen LogP contribution in [-0.2, 0) is 25.7 Å². The normalized spacial score (nSPS) is 18.1. The highest BCUT2D eigenvalue weighted by Gasteiger charge is 2.36. The molecule has 3 atom stereocenters. The number of fused-ring (bicyclic) bond motifs is 1. The van der Waals surface area contributed by atoms with E-state index in [0.29, 0.717) is 31.0 Å². The number of rotatable bonds is 12. The topological polar surface area (TPSA) is 149 Å². The second-order valence-corrected chi connectivity index (χ2v) is 10.9. The van der Waals surface area contributed by atoms with E-state index in [0.717, 1.165) is 35.7 Å². The van der Waals surface area contributed by atoms with Crippen LogP contribution in [0.1, 0.15) is 54.6 Å². The summed E-state index contributed by atoms with van der Waals surface area (Å²) in [5.74, 6) is -3.06. The van der Waals surface area contributed by atoms with Gasteiger partial charge in [-0.05, 0) is 49.3 Å². The summed E-state index contributed by atoms with van der Waals surface area (Å²) in [6.45, 7) is 0.710. The minimum Gasteiger partial charge on any atom is -0.356 e. The molecule has 10 heteroatoms. The third-order valence-corrected chi connectivity index (χ3v) is 7.73. The Bertz CT molecular complexity index is 1400. The molecule has 4 amide bonds. The highest BCUT2D eigenvalue weighted by Crippen LogP contribution is 2.33. The molecule has 214 valence electrons. The van der Waals surface area contributed by atoms with Crippen molar-refractivity contribution in [1.82, 2.24) is 26.3 Å². The van der Waals surface area contributed by atoms with Crippen molar-refractivity contribution in [2.75, 3.05) is 6.54 Å². The van der Waals surface area contributed by atoms with E-state index in [1.54, 1.807) is 6.07 Å². The van der Waals surface area contributed by atoms with Gasteiger partial charge in [-0.1, -0.05) is 61.4 Å². The molecule has 3 aromatic rings. The van der Waals surface area contributed by atoms with Gasteiger partial charge in [0.1, 0.15) is 11.7 Å². The van der Waals surface area contributed by atoms with Gasteiger partial charge in [0, 0.05) is 29.9 Å². The van der Waals surface area contributed by atoms with E-state index in [-0.39, 0.29) is 18.9 Å². The summed E-state index contributed by atoms with van der Waals surface area (Å²) in [6, 6.07) is 16.3. The number of H-pyrrole nitrogens is 1. The number of amides is 4. The van der Waals surface area contributed by atoms with Gasteiger partial charge < -0.3 is 26.3 Å². The van der Waals surface area contributed by atoms with Gasteiger partial charge in [0.25, 0.3) is 11.8 Å². The van der Waals surface area contributed by atoms with Crippen LogP contribution in [-0.4, -0.2) is 53.0 Å². The number of ketones is 1. The van der Waals surface area contributed by atoms with Crippen LogP contribution >= 0.6 is 0 Å². The molecule has 1 saturated heterocycles. The van der Waals surface area contributed by atoms with Gasteiger partial charge in [0.2, 0.25) is 17.6 Å². The fourth-order valence-electron chi connectivity index (χ4n) is 5.22. The van der Waals surface area contributed by atoms with E-state index in [1.165, 1.54) is 0 Å². The van der Waals surface area contributed by atoms with Crippen molar-refractivity contribution in [1.29, 1.82) is 0 Å². The zero-order chi connectivity index (χ0) is 28.8. The number of nitrogens with one attached hydrogen (secondary N) is 5. The standard InChI is InChI=1S/C31H35N5O5/c37-27(31(41)33-18-20-7-2-1-3-8-20)24(17-22-10-6-14-32-28(22)38)35-29(39)25(15-19-12-13-19)36-30(40)26-16-21-9-4-5-11-23(21)34-26/h1-5,7-9,11,16,19,22,24-25,34H,6,10,12-15,17-18H2,(H,32,38)(H,33,41)(H,35,39)(H,36,40)/t22-,24?,25-/m0/s1. The van der Waals surface area contributed by atoms with Crippen LogP contribution in [0.25, 0.3) is 10.9 Å². The molecular formula is C31H35N5O5. The van der Waals surface area contributed by atoms with Crippen molar-refractivity contribution in [3.8, 4) is 0 Å². The smallest absolute Gasteiger partial charge is 0.289 e. The van der Waals surface area contributed by atoms with E-state index in [2.05, 4.69) is 26.3 Å². The first kappa shape index (κ1) is 28.1. The van der Waals surface area contributed by atoms with Gasteiger partial charge in [-0.2, -0.15) is 0 Å². The first-order valence-corrected chi connectivity index (χ1v) is 14.2.